The molecule has 6 heteroatoms. The Balaban J connectivity index is 0.000000347. The molecule has 0 aliphatic carbocycles. The number of benzene rings is 3. The second-order valence-corrected chi connectivity index (χ2v) is 12.4. The summed E-state index contributed by atoms with van der Waals surface area (Å²) in [7, 11) is 0. The number of phenolic OH excluding ortho intramolecular Hbond substituents is 1. The third kappa shape index (κ3) is 15.7. The molecule has 0 spiro atoms. The maximum absolute atomic E-state index is 11.7. The third-order valence-corrected chi connectivity index (χ3v) is 7.52. The molecular weight excluding hydrogens is 564 g/mol. The first-order valence-corrected chi connectivity index (χ1v) is 16.3. The molecule has 0 aliphatic heterocycles. The number of phenols is 1. The van der Waals surface area contributed by atoms with Gasteiger partial charge in [-0.1, -0.05) is 103 Å². The summed E-state index contributed by atoms with van der Waals surface area (Å²) in [6.07, 6.45) is 3.06. The Bertz CT molecular complexity index is 1250. The number of ether oxygens (including phenoxy) is 3. The monoisotopic (exact) mass is 620 g/mol. The molecule has 4 atom stereocenters. The van der Waals surface area contributed by atoms with Gasteiger partial charge in [0.1, 0.15) is 23.2 Å². The summed E-state index contributed by atoms with van der Waals surface area (Å²) in [5.74, 6) is 1.82. The quantitative estimate of drug-likeness (QED) is 0.179. The van der Waals surface area contributed by atoms with E-state index in [9.17, 15) is 9.59 Å². The minimum Gasteiger partial charge on any atom is -0.508 e. The fourth-order valence-corrected chi connectivity index (χ4v) is 4.01. The lowest BCUT2D eigenvalue weighted by atomic mass is 9.99. The first kappa shape index (κ1) is 39.2. The van der Waals surface area contributed by atoms with E-state index in [1.165, 1.54) is 11.1 Å². The Labute approximate surface area is 272 Å². The van der Waals surface area contributed by atoms with Crippen molar-refractivity contribution in [3.63, 3.8) is 0 Å². The molecule has 3 rings (SSSR count). The molecule has 4 unspecified atom stereocenters. The van der Waals surface area contributed by atoms with Crippen LogP contribution >= 0.6 is 0 Å². The molecule has 0 aliphatic rings. The van der Waals surface area contributed by atoms with E-state index in [2.05, 4.69) is 27.7 Å². The number of rotatable bonds is 10. The lowest BCUT2D eigenvalue weighted by Crippen LogP contribution is -2.25. The molecule has 6 nitrogen and oxygen atoms in total. The van der Waals surface area contributed by atoms with Gasteiger partial charge in [-0.15, -0.1) is 0 Å². The molecule has 3 aromatic carbocycles. The summed E-state index contributed by atoms with van der Waals surface area (Å²) < 4.78 is 15.7. The molecule has 248 valence electrons. The highest BCUT2D eigenvalue weighted by Crippen LogP contribution is 2.24. The highest BCUT2D eigenvalue weighted by atomic mass is 16.7. The van der Waals surface area contributed by atoms with Gasteiger partial charge in [-0.05, 0) is 99.2 Å². The van der Waals surface area contributed by atoms with E-state index in [1.54, 1.807) is 39.0 Å². The number of esters is 1. The van der Waals surface area contributed by atoms with E-state index in [0.717, 1.165) is 31.2 Å². The van der Waals surface area contributed by atoms with Crippen molar-refractivity contribution >= 4 is 12.1 Å². The van der Waals surface area contributed by atoms with Gasteiger partial charge in [0, 0.05) is 0 Å². The van der Waals surface area contributed by atoms with Gasteiger partial charge >= 0.3 is 12.1 Å². The average molecular weight is 621 g/mol. The highest BCUT2D eigenvalue weighted by molar-refractivity contribution is 5.72. The van der Waals surface area contributed by atoms with Crippen LogP contribution in [0, 0.1) is 5.92 Å². The summed E-state index contributed by atoms with van der Waals surface area (Å²) in [5.41, 5.74) is 3.00. The molecule has 0 heterocycles. The van der Waals surface area contributed by atoms with Gasteiger partial charge in [0.05, 0.1) is 5.92 Å². The molecule has 0 fully saturated rings. The fraction of sp³-hybridized carbons (Fsp3) is 0.487. The molecule has 3 aromatic rings. The zero-order valence-electron chi connectivity index (χ0n) is 29.1. The molecule has 0 saturated carbocycles. The zero-order valence-corrected chi connectivity index (χ0v) is 29.1. The number of hydrogen-bond acceptors (Lipinski definition) is 6. The van der Waals surface area contributed by atoms with Crippen molar-refractivity contribution in [1.82, 2.24) is 0 Å². The normalized spacial score (nSPS) is 13.4. The number of hydrogen-bond donors (Lipinski definition) is 1. The smallest absolute Gasteiger partial charge is 0.508 e. The van der Waals surface area contributed by atoms with E-state index in [-0.39, 0.29) is 18.0 Å². The average Bonchev–Trinajstić information content (AvgIpc) is 3.02. The molecule has 45 heavy (non-hydrogen) atoms. The van der Waals surface area contributed by atoms with Gasteiger partial charge < -0.3 is 19.3 Å². The predicted octanol–water partition coefficient (Wildman–Crippen LogP) is 11.1. The van der Waals surface area contributed by atoms with Crippen LogP contribution in [0.5, 0.6) is 11.5 Å². The van der Waals surface area contributed by atoms with Crippen molar-refractivity contribution in [3.05, 3.63) is 95.6 Å². The van der Waals surface area contributed by atoms with Crippen LogP contribution in [0.2, 0.25) is 0 Å². The first-order chi connectivity index (χ1) is 21.2. The lowest BCUT2D eigenvalue weighted by molar-refractivity contribution is -0.154. The summed E-state index contributed by atoms with van der Waals surface area (Å²) in [5, 5.41) is 9.16. The fourth-order valence-electron chi connectivity index (χ4n) is 4.01. The van der Waals surface area contributed by atoms with Crippen LogP contribution < -0.4 is 4.74 Å². The second-order valence-electron chi connectivity index (χ2n) is 12.4. The maximum atomic E-state index is 11.7. The van der Waals surface area contributed by atoms with Crippen LogP contribution in [-0.4, -0.2) is 22.8 Å². The Morgan fingerprint density at radius 1 is 0.689 bits per heavy atom. The second kappa shape index (κ2) is 20.3. The Hall–Kier alpha value is -3.80. The molecule has 0 aromatic heterocycles. The van der Waals surface area contributed by atoms with Crippen molar-refractivity contribution in [2.24, 2.45) is 5.92 Å². The molecular formula is C39H56O6. The number of carbonyl (C=O) groups is 2. The zero-order chi connectivity index (χ0) is 34.0. The van der Waals surface area contributed by atoms with Gasteiger partial charge in [-0.25, -0.2) is 4.79 Å². The molecule has 0 radical (unpaired) electrons. The topological polar surface area (TPSA) is 82.1 Å². The molecule has 0 bridgehead atoms. The minimum absolute atomic E-state index is 0.0160. The Morgan fingerprint density at radius 3 is 1.73 bits per heavy atom. The van der Waals surface area contributed by atoms with Crippen molar-refractivity contribution in [2.45, 2.75) is 118 Å². The van der Waals surface area contributed by atoms with E-state index >= 15 is 0 Å². The molecule has 0 amide bonds. The van der Waals surface area contributed by atoms with Crippen LogP contribution in [-0.2, 0) is 14.3 Å². The van der Waals surface area contributed by atoms with Crippen LogP contribution in [0.3, 0.4) is 0 Å². The Morgan fingerprint density at radius 2 is 1.24 bits per heavy atom. The van der Waals surface area contributed by atoms with E-state index < -0.39 is 11.8 Å². The van der Waals surface area contributed by atoms with Crippen LogP contribution in [0.4, 0.5) is 4.79 Å². The predicted molar refractivity (Wildman–Crippen MR) is 184 cm³/mol. The summed E-state index contributed by atoms with van der Waals surface area (Å²) in [6, 6.07) is 24.9. The minimum atomic E-state index is -0.668. The van der Waals surface area contributed by atoms with Crippen molar-refractivity contribution < 1.29 is 28.9 Å². The van der Waals surface area contributed by atoms with Crippen molar-refractivity contribution in [3.8, 4) is 11.5 Å². The van der Waals surface area contributed by atoms with Crippen molar-refractivity contribution in [2.75, 3.05) is 0 Å². The Kier molecular flexibility index (Phi) is 17.7. The summed E-state index contributed by atoms with van der Waals surface area (Å²) in [6.45, 7) is 20.0. The lowest BCUT2D eigenvalue weighted by Gasteiger charge is -2.18. The number of aromatic hydroxyl groups is 1. The van der Waals surface area contributed by atoms with Crippen LogP contribution in [0.25, 0.3) is 0 Å². The summed E-state index contributed by atoms with van der Waals surface area (Å²) >= 11 is 0. The molecule has 1 N–H and O–H groups in total. The van der Waals surface area contributed by atoms with E-state index in [1.807, 2.05) is 81.4 Å². The highest BCUT2D eigenvalue weighted by Gasteiger charge is 2.19. The van der Waals surface area contributed by atoms with Crippen LogP contribution in [0.15, 0.2) is 78.9 Å². The maximum Gasteiger partial charge on any atom is 0.514 e. The van der Waals surface area contributed by atoms with Crippen molar-refractivity contribution in [1.29, 1.82) is 0 Å². The van der Waals surface area contributed by atoms with E-state index in [4.69, 9.17) is 19.3 Å². The van der Waals surface area contributed by atoms with Gasteiger partial charge in [0.2, 0.25) is 0 Å². The van der Waals surface area contributed by atoms with Crippen LogP contribution in [0.1, 0.15) is 130 Å². The van der Waals surface area contributed by atoms with Gasteiger partial charge in [0.15, 0.2) is 0 Å². The molecule has 0 saturated heterocycles. The SMILES string of the molecule is CCC(C)C(=O)OC(CC)c1ccccc1.CCC(C)c1ccc(OC(=O)OC(C)(C)C)cc1.CCC(C)c1cccc(O)c1. The first-order valence-electron chi connectivity index (χ1n) is 16.3. The number of carbonyl (C=O) groups excluding carboxylic acids is 2. The van der Waals surface area contributed by atoms with Gasteiger partial charge in [-0.3, -0.25) is 4.79 Å². The largest absolute Gasteiger partial charge is 0.514 e. The summed E-state index contributed by atoms with van der Waals surface area (Å²) in [4.78, 5) is 23.2. The third-order valence-electron chi connectivity index (χ3n) is 7.52. The van der Waals surface area contributed by atoms with Gasteiger partial charge in [-0.2, -0.15) is 0 Å². The standard InChI is InChI=1S/C15H22O3.C14H20O2.C10H14O/c1-6-11(2)12-7-9-13(10-8-12)17-14(16)18-15(3,4)5;1-4-11(3)14(15)16-13(5-2)12-9-7-6-8-10-12;1-3-8(2)9-5-4-6-10(11)7-9/h7-11H,6H2,1-5H3;6-11,13H,4-5H2,1-3H3;4-8,11H,3H2,1-2H3. The van der Waals surface area contributed by atoms with Gasteiger partial charge in [0.25, 0.3) is 0 Å². The van der Waals surface area contributed by atoms with E-state index in [0.29, 0.717) is 23.3 Å².